The van der Waals surface area contributed by atoms with Gasteiger partial charge in [-0.05, 0) is 58.9 Å². The number of fused-ring (bicyclic) bond motifs is 1. The third kappa shape index (κ3) is 8.40. The largest absolute Gasteiger partial charge is 0.444 e. The second-order valence-corrected chi connectivity index (χ2v) is 16.9. The number of likely N-dealkylation sites (tertiary alicyclic amines) is 2. The first-order chi connectivity index (χ1) is 28.4. The van der Waals surface area contributed by atoms with Crippen molar-refractivity contribution in [3.63, 3.8) is 0 Å². The average molecular weight is 852 g/mol. The number of methoxy groups -OCH3 is 1. The van der Waals surface area contributed by atoms with E-state index in [-0.39, 0.29) is 75.9 Å². The topological polar surface area (TPSA) is 185 Å². The summed E-state index contributed by atoms with van der Waals surface area (Å²) >= 11 is 6.51. The number of ether oxygens (including phenoxy) is 2. The molecule has 4 aromatic rings. The van der Waals surface area contributed by atoms with E-state index in [1.54, 1.807) is 51.3 Å². The Labute approximate surface area is 350 Å². The molecule has 7 rings (SSSR count). The van der Waals surface area contributed by atoms with Crippen molar-refractivity contribution < 1.29 is 42.5 Å². The zero-order valence-corrected chi connectivity index (χ0v) is 35.1. The number of anilines is 1. The van der Waals surface area contributed by atoms with Crippen molar-refractivity contribution in [2.24, 2.45) is 18.9 Å². The Hall–Kier alpha value is -5.59. The number of β-amino-alcohol motifs (C(OH)–C–C–N with tert-alkyl or cyclic N) is 1. The molecular formula is C41H48ClF2N9O7. The van der Waals surface area contributed by atoms with Crippen LogP contribution in [0.4, 0.5) is 24.1 Å². The molecule has 2 aromatic heterocycles. The summed E-state index contributed by atoms with van der Waals surface area (Å²) in [6.07, 6.45) is -0.207. The number of rotatable bonds is 10. The number of hydrogen-bond donors (Lipinski definition) is 4. The number of aliphatic hydroxyl groups excluding tert-OH is 1. The molecule has 60 heavy (non-hydrogen) atoms. The number of hydrogen-bond acceptors (Lipinski definition) is 9. The van der Waals surface area contributed by atoms with Crippen LogP contribution in [0.1, 0.15) is 53.1 Å². The van der Waals surface area contributed by atoms with Crippen LogP contribution in [0.15, 0.2) is 36.5 Å². The summed E-state index contributed by atoms with van der Waals surface area (Å²) in [6, 6.07) is 6.17. The van der Waals surface area contributed by atoms with E-state index >= 15 is 8.78 Å². The normalized spacial score (nSPS) is 20.9. The van der Waals surface area contributed by atoms with Crippen LogP contribution in [0.3, 0.4) is 0 Å². The van der Waals surface area contributed by atoms with Gasteiger partial charge in [-0.15, -0.1) is 0 Å². The van der Waals surface area contributed by atoms with Crippen LogP contribution in [0.5, 0.6) is 0 Å². The zero-order valence-electron chi connectivity index (χ0n) is 34.3. The summed E-state index contributed by atoms with van der Waals surface area (Å²) in [5, 5.41) is 23.5. The summed E-state index contributed by atoms with van der Waals surface area (Å²) in [5.74, 6) is -3.21. The van der Waals surface area contributed by atoms with Crippen molar-refractivity contribution in [2.45, 2.75) is 65.0 Å². The van der Waals surface area contributed by atoms with Gasteiger partial charge in [0, 0.05) is 79.7 Å². The lowest BCUT2D eigenvalue weighted by atomic mass is 10.00. The third-order valence-electron chi connectivity index (χ3n) is 11.2. The van der Waals surface area contributed by atoms with Crippen molar-refractivity contribution in [1.29, 1.82) is 0 Å². The molecule has 19 heteroatoms. The van der Waals surface area contributed by atoms with Crippen LogP contribution in [0.25, 0.3) is 22.4 Å². The van der Waals surface area contributed by atoms with Gasteiger partial charge >= 0.3 is 12.1 Å². The number of aryl methyl sites for hydroxylation is 1. The molecule has 5 atom stereocenters. The molecule has 1 aliphatic carbocycles. The number of urea groups is 1. The quantitative estimate of drug-likeness (QED) is 0.175. The van der Waals surface area contributed by atoms with E-state index in [0.29, 0.717) is 43.2 Å². The van der Waals surface area contributed by atoms with Gasteiger partial charge in [0.1, 0.15) is 5.60 Å². The fraction of sp³-hybridized carbons (Fsp3) is 0.463. The van der Waals surface area contributed by atoms with Crippen molar-refractivity contribution in [2.75, 3.05) is 45.2 Å². The Morgan fingerprint density at radius 1 is 0.950 bits per heavy atom. The van der Waals surface area contributed by atoms with E-state index in [1.807, 2.05) is 0 Å². The zero-order chi connectivity index (χ0) is 43.4. The molecule has 3 fully saturated rings. The molecule has 5 amide bonds. The fourth-order valence-corrected chi connectivity index (χ4v) is 8.31. The van der Waals surface area contributed by atoms with Gasteiger partial charge in [0.25, 0.3) is 11.8 Å². The van der Waals surface area contributed by atoms with Gasteiger partial charge in [-0.3, -0.25) is 14.3 Å². The van der Waals surface area contributed by atoms with E-state index in [0.717, 1.165) is 0 Å². The summed E-state index contributed by atoms with van der Waals surface area (Å²) < 4.78 is 44.9. The van der Waals surface area contributed by atoms with E-state index in [4.69, 9.17) is 21.1 Å². The monoisotopic (exact) mass is 851 g/mol. The number of carbonyl (C=O) groups excluding carboxylic acids is 4. The number of nitrogens with zero attached hydrogens (tertiary/aromatic N) is 6. The number of amides is 5. The van der Waals surface area contributed by atoms with Gasteiger partial charge < -0.3 is 44.9 Å². The summed E-state index contributed by atoms with van der Waals surface area (Å²) in [6.45, 7) is 10.6. The Morgan fingerprint density at radius 2 is 1.63 bits per heavy atom. The molecule has 0 spiro atoms. The fourth-order valence-electron chi connectivity index (χ4n) is 8.05. The highest BCUT2D eigenvalue weighted by atomic mass is 35.5. The Kier molecular flexibility index (Phi) is 11.7. The van der Waals surface area contributed by atoms with E-state index < -0.39 is 47.3 Å². The van der Waals surface area contributed by atoms with Gasteiger partial charge in [-0.1, -0.05) is 17.7 Å². The Balaban J connectivity index is 0.924. The summed E-state index contributed by atoms with van der Waals surface area (Å²) in [4.78, 5) is 59.2. The van der Waals surface area contributed by atoms with Crippen LogP contribution < -0.4 is 16.0 Å². The highest BCUT2D eigenvalue weighted by molar-refractivity contribution is 6.34. The first-order valence-electron chi connectivity index (χ1n) is 19.5. The number of benzene rings is 2. The summed E-state index contributed by atoms with van der Waals surface area (Å²) in [5.41, 5.74) is 1.63. The molecular weight excluding hydrogens is 804 g/mol. The van der Waals surface area contributed by atoms with Crippen molar-refractivity contribution in [1.82, 2.24) is 39.8 Å². The maximum atomic E-state index is 15.7. The van der Waals surface area contributed by atoms with Crippen molar-refractivity contribution >= 4 is 41.2 Å². The highest BCUT2D eigenvalue weighted by Crippen LogP contribution is 2.46. The molecule has 4 N–H and O–H groups in total. The van der Waals surface area contributed by atoms with Crippen LogP contribution in [0, 0.1) is 37.3 Å². The number of imidazole rings is 1. The minimum absolute atomic E-state index is 0.0408. The average Bonchev–Trinajstić information content (AvgIpc) is 3.64. The van der Waals surface area contributed by atoms with Crippen LogP contribution >= 0.6 is 11.6 Å². The van der Waals surface area contributed by atoms with Crippen LogP contribution in [-0.2, 0) is 23.1 Å². The second-order valence-electron chi connectivity index (χ2n) is 16.5. The number of aliphatic hydroxyl groups is 1. The number of aromatic nitrogens is 4. The molecule has 2 aromatic carbocycles. The lowest BCUT2D eigenvalue weighted by Crippen LogP contribution is -2.50. The van der Waals surface area contributed by atoms with Gasteiger partial charge in [0.15, 0.2) is 17.5 Å². The Bertz CT molecular complexity index is 2350. The SMILES string of the molecule is COCCn1nc(C)c(-c2ccc(-c3cnc(C(=O)Nc4ccc(C(=O)NC5[C@H]6CN(C(=O)N[C@@H]7CN(C(=O)OC(C)(C)C)C[C@H]7O)C[C@@H]56)c(Cl)c4)n3C)c(F)c2F)c1C. The first-order valence-corrected chi connectivity index (χ1v) is 19.9. The van der Waals surface area contributed by atoms with Crippen LogP contribution in [-0.4, -0.2) is 122 Å². The van der Waals surface area contributed by atoms with Gasteiger partial charge in [0.05, 0.1) is 60.0 Å². The number of halogens is 3. The minimum Gasteiger partial charge on any atom is -0.444 e. The molecule has 2 saturated heterocycles. The van der Waals surface area contributed by atoms with Gasteiger partial charge in [-0.25, -0.2) is 23.4 Å². The summed E-state index contributed by atoms with van der Waals surface area (Å²) in [7, 11) is 3.08. The first kappa shape index (κ1) is 42.5. The third-order valence-corrected chi connectivity index (χ3v) is 11.5. The molecule has 0 radical (unpaired) electrons. The standard InChI is InChI=1S/C41H48ClF2N9O7/c1-20-32(21(2)53(49-20)12-13-59-7)25-11-10-24(33(43)34(25)44)30-15-45-36(50(30)6)38(56)46-22-8-9-23(28(42)14-22)37(55)48-35-26-16-51(17-27(26)35)39(57)47-29-18-52(19-31(29)54)40(58)60-41(3,4)5/h8-11,14-15,26-27,29,31,35,54H,12-13,16-19H2,1-7H3,(H,46,56)(H,47,57)(H,48,55)/t26-,27+,29-,31-,35?/m1/s1. The molecule has 2 aliphatic heterocycles. The van der Waals surface area contributed by atoms with E-state index in [1.165, 1.54) is 53.0 Å². The Morgan fingerprint density at radius 3 is 2.30 bits per heavy atom. The number of carbonyl (C=O) groups is 4. The van der Waals surface area contributed by atoms with Crippen LogP contribution in [0.2, 0.25) is 5.02 Å². The molecule has 0 bridgehead atoms. The predicted octanol–water partition coefficient (Wildman–Crippen LogP) is 4.75. The highest BCUT2D eigenvalue weighted by Gasteiger charge is 2.57. The molecule has 3 aliphatic rings. The molecule has 1 saturated carbocycles. The number of piperidine rings is 1. The lowest BCUT2D eigenvalue weighted by Gasteiger charge is -2.25. The lowest BCUT2D eigenvalue weighted by molar-refractivity contribution is 0.0269. The smallest absolute Gasteiger partial charge is 0.410 e. The predicted molar refractivity (Wildman–Crippen MR) is 216 cm³/mol. The maximum Gasteiger partial charge on any atom is 0.410 e. The molecule has 4 heterocycles. The molecule has 320 valence electrons. The van der Waals surface area contributed by atoms with Gasteiger partial charge in [-0.2, -0.15) is 5.10 Å². The van der Waals surface area contributed by atoms with E-state index in [9.17, 15) is 24.3 Å². The number of nitrogens with one attached hydrogen (secondary N) is 3. The minimum atomic E-state index is -1.10. The van der Waals surface area contributed by atoms with Crippen molar-refractivity contribution in [3.8, 4) is 22.4 Å². The molecule has 16 nitrogen and oxygen atoms in total. The van der Waals surface area contributed by atoms with Gasteiger partial charge in [0.2, 0.25) is 0 Å². The maximum absolute atomic E-state index is 15.7. The van der Waals surface area contributed by atoms with Crippen molar-refractivity contribution in [3.05, 3.63) is 76.0 Å². The van der Waals surface area contributed by atoms with E-state index in [2.05, 4.69) is 26.0 Å². The molecule has 1 unspecified atom stereocenters. The second kappa shape index (κ2) is 16.5.